The average Bonchev–Trinajstić information content (AvgIpc) is 2.62. The molecular formula is C17H11F3N4O3. The Morgan fingerprint density at radius 3 is 2.37 bits per heavy atom. The van der Waals surface area contributed by atoms with Gasteiger partial charge in [0.2, 0.25) is 0 Å². The average molecular weight is 376 g/mol. The topological polar surface area (TPSA) is 108 Å². The van der Waals surface area contributed by atoms with Crippen LogP contribution in [0.3, 0.4) is 0 Å². The highest BCUT2D eigenvalue weighted by atomic mass is 19.4. The maximum atomic E-state index is 12.7. The van der Waals surface area contributed by atoms with Gasteiger partial charge >= 0.3 is 6.18 Å². The van der Waals surface area contributed by atoms with Crippen LogP contribution in [0.2, 0.25) is 0 Å². The highest BCUT2D eigenvalue weighted by Gasteiger charge is 2.30. The van der Waals surface area contributed by atoms with Gasteiger partial charge in [-0.15, -0.1) is 0 Å². The quantitative estimate of drug-likeness (QED) is 0.354. The van der Waals surface area contributed by atoms with Gasteiger partial charge in [0.05, 0.1) is 10.5 Å². The van der Waals surface area contributed by atoms with E-state index in [1.165, 1.54) is 36.4 Å². The predicted octanol–water partition coefficient (Wildman–Crippen LogP) is 4.07. The fourth-order valence-corrected chi connectivity index (χ4v) is 1.95. The summed E-state index contributed by atoms with van der Waals surface area (Å²) < 4.78 is 38.0. The molecule has 0 fully saturated rings. The molecule has 0 saturated carbocycles. The lowest BCUT2D eigenvalue weighted by Crippen LogP contribution is -2.14. The van der Waals surface area contributed by atoms with Crippen molar-refractivity contribution in [3.8, 4) is 6.07 Å². The Hall–Kier alpha value is -3.87. The monoisotopic (exact) mass is 376 g/mol. The first-order valence-corrected chi connectivity index (χ1v) is 7.30. The van der Waals surface area contributed by atoms with Gasteiger partial charge in [-0.1, -0.05) is 6.07 Å². The van der Waals surface area contributed by atoms with Gasteiger partial charge in [-0.25, -0.2) is 0 Å². The van der Waals surface area contributed by atoms with Gasteiger partial charge in [0.15, 0.2) is 0 Å². The number of alkyl halides is 3. The van der Waals surface area contributed by atoms with Gasteiger partial charge in [-0.3, -0.25) is 14.9 Å². The van der Waals surface area contributed by atoms with Crippen molar-refractivity contribution in [2.75, 3.05) is 10.6 Å². The van der Waals surface area contributed by atoms with Crippen LogP contribution in [0.15, 0.2) is 60.3 Å². The second-order valence-electron chi connectivity index (χ2n) is 5.15. The van der Waals surface area contributed by atoms with Crippen LogP contribution in [0.4, 0.5) is 30.2 Å². The first kappa shape index (κ1) is 19.5. The number of anilines is 2. The second kappa shape index (κ2) is 8.01. The number of non-ortho nitro benzene ring substituents is 1. The highest BCUT2D eigenvalue weighted by molar-refractivity contribution is 6.06. The number of nitro groups is 1. The summed E-state index contributed by atoms with van der Waals surface area (Å²) in [7, 11) is 0. The maximum Gasteiger partial charge on any atom is 0.416 e. The molecule has 0 atom stereocenters. The van der Waals surface area contributed by atoms with Crippen LogP contribution in [0.5, 0.6) is 0 Å². The van der Waals surface area contributed by atoms with Gasteiger partial charge in [0.25, 0.3) is 11.6 Å². The number of nitrogens with zero attached hydrogens (tertiary/aromatic N) is 2. The summed E-state index contributed by atoms with van der Waals surface area (Å²) in [6, 6.07) is 10.8. The van der Waals surface area contributed by atoms with Crippen LogP contribution in [-0.4, -0.2) is 10.8 Å². The smallest absolute Gasteiger partial charge is 0.360 e. The number of hydrogen-bond acceptors (Lipinski definition) is 5. The third kappa shape index (κ3) is 5.30. The van der Waals surface area contributed by atoms with Crippen molar-refractivity contribution in [3.63, 3.8) is 0 Å². The Kier molecular flexibility index (Phi) is 5.77. The molecule has 0 saturated heterocycles. The van der Waals surface area contributed by atoms with Crippen molar-refractivity contribution in [2.24, 2.45) is 0 Å². The lowest BCUT2D eigenvalue weighted by atomic mass is 10.2. The van der Waals surface area contributed by atoms with E-state index < -0.39 is 28.1 Å². The standard InChI is InChI=1S/C17H11F3N4O3/c18-17(19,20)12-2-1-3-14(8-12)22-10-11(9-21)16(25)23-13-4-6-15(7-5-13)24(26)27/h1-8,10,22H,(H,23,25)/b11-10-. The number of nitriles is 1. The summed E-state index contributed by atoms with van der Waals surface area (Å²) in [5, 5.41) is 24.5. The molecule has 0 spiro atoms. The summed E-state index contributed by atoms with van der Waals surface area (Å²) in [5.74, 6) is -0.828. The molecule has 2 rings (SSSR count). The molecule has 2 N–H and O–H groups in total. The van der Waals surface area contributed by atoms with E-state index in [0.29, 0.717) is 0 Å². The predicted molar refractivity (Wildman–Crippen MR) is 90.5 cm³/mol. The molecule has 7 nitrogen and oxygen atoms in total. The van der Waals surface area contributed by atoms with Crippen molar-refractivity contribution < 1.29 is 22.9 Å². The molecule has 0 aromatic heterocycles. The summed E-state index contributed by atoms with van der Waals surface area (Å²) in [4.78, 5) is 22.0. The van der Waals surface area contributed by atoms with E-state index in [9.17, 15) is 28.1 Å². The molecule has 2 aromatic carbocycles. The summed E-state index contributed by atoms with van der Waals surface area (Å²) >= 11 is 0. The summed E-state index contributed by atoms with van der Waals surface area (Å²) in [6.07, 6.45) is -3.55. The molecule has 27 heavy (non-hydrogen) atoms. The molecule has 138 valence electrons. The third-order valence-electron chi connectivity index (χ3n) is 3.27. The van der Waals surface area contributed by atoms with Crippen LogP contribution in [0.1, 0.15) is 5.56 Å². The zero-order valence-corrected chi connectivity index (χ0v) is 13.4. The normalized spacial score (nSPS) is 11.4. The molecule has 0 bridgehead atoms. The number of rotatable bonds is 5. The van der Waals surface area contributed by atoms with E-state index in [2.05, 4.69) is 10.6 Å². The largest absolute Gasteiger partial charge is 0.416 e. The Labute approximate surface area is 150 Å². The summed E-state index contributed by atoms with van der Waals surface area (Å²) in [6.45, 7) is 0. The van der Waals surface area contributed by atoms with Crippen LogP contribution in [0, 0.1) is 21.4 Å². The molecule has 0 aliphatic heterocycles. The van der Waals surface area contributed by atoms with E-state index in [1.54, 1.807) is 6.07 Å². The molecule has 0 radical (unpaired) electrons. The minimum absolute atomic E-state index is 0.0423. The molecular weight excluding hydrogens is 365 g/mol. The molecule has 2 aromatic rings. The second-order valence-corrected chi connectivity index (χ2v) is 5.15. The first-order chi connectivity index (χ1) is 12.7. The van der Waals surface area contributed by atoms with E-state index in [0.717, 1.165) is 18.3 Å². The third-order valence-corrected chi connectivity index (χ3v) is 3.27. The van der Waals surface area contributed by atoms with E-state index in [4.69, 9.17) is 5.26 Å². The molecule has 0 unspecified atom stereocenters. The molecule has 0 heterocycles. The van der Waals surface area contributed by atoms with Crippen LogP contribution < -0.4 is 10.6 Å². The van der Waals surface area contributed by atoms with Crippen molar-refractivity contribution in [2.45, 2.75) is 6.18 Å². The fraction of sp³-hybridized carbons (Fsp3) is 0.0588. The highest BCUT2D eigenvalue weighted by Crippen LogP contribution is 2.30. The molecule has 0 aliphatic carbocycles. The number of benzene rings is 2. The Bertz CT molecular complexity index is 932. The Balaban J connectivity index is 2.10. The van der Waals surface area contributed by atoms with E-state index >= 15 is 0 Å². The lowest BCUT2D eigenvalue weighted by molar-refractivity contribution is -0.384. The van der Waals surface area contributed by atoms with Crippen molar-refractivity contribution >= 4 is 23.0 Å². The minimum Gasteiger partial charge on any atom is -0.360 e. The molecule has 1 amide bonds. The van der Waals surface area contributed by atoms with Gasteiger partial charge < -0.3 is 10.6 Å². The van der Waals surface area contributed by atoms with Crippen molar-refractivity contribution in [1.29, 1.82) is 5.26 Å². The molecule has 0 aliphatic rings. The number of carbonyl (C=O) groups excluding carboxylic acids is 1. The first-order valence-electron chi connectivity index (χ1n) is 7.30. The maximum absolute atomic E-state index is 12.7. The fourth-order valence-electron chi connectivity index (χ4n) is 1.95. The Morgan fingerprint density at radius 1 is 1.15 bits per heavy atom. The number of amides is 1. The lowest BCUT2D eigenvalue weighted by Gasteiger charge is -2.09. The number of hydrogen-bond donors (Lipinski definition) is 2. The Morgan fingerprint density at radius 2 is 1.81 bits per heavy atom. The zero-order valence-electron chi connectivity index (χ0n) is 13.4. The van der Waals surface area contributed by atoms with Crippen molar-refractivity contribution in [3.05, 3.63) is 76.0 Å². The van der Waals surface area contributed by atoms with Crippen LogP contribution in [-0.2, 0) is 11.0 Å². The van der Waals surface area contributed by atoms with Gasteiger partial charge in [0.1, 0.15) is 11.6 Å². The van der Waals surface area contributed by atoms with Crippen molar-refractivity contribution in [1.82, 2.24) is 0 Å². The number of nitrogens with one attached hydrogen (secondary N) is 2. The van der Waals surface area contributed by atoms with Crippen LogP contribution >= 0.6 is 0 Å². The molecule has 10 heteroatoms. The number of nitro benzene ring substituents is 1. The van der Waals surface area contributed by atoms with E-state index in [1.807, 2.05) is 0 Å². The van der Waals surface area contributed by atoms with E-state index in [-0.39, 0.29) is 17.1 Å². The zero-order chi connectivity index (χ0) is 20.0. The number of carbonyl (C=O) groups is 1. The van der Waals surface area contributed by atoms with Gasteiger partial charge in [-0.05, 0) is 30.3 Å². The SMILES string of the molecule is N#C/C(=C/Nc1cccc(C(F)(F)F)c1)C(=O)Nc1ccc([N+](=O)[O-])cc1. The number of halogens is 3. The van der Waals surface area contributed by atoms with Gasteiger partial charge in [0, 0.05) is 29.7 Å². The van der Waals surface area contributed by atoms with Gasteiger partial charge in [-0.2, -0.15) is 18.4 Å². The van der Waals surface area contributed by atoms with Crippen LogP contribution in [0.25, 0.3) is 0 Å². The minimum atomic E-state index is -4.52. The summed E-state index contributed by atoms with van der Waals surface area (Å²) in [5.41, 5.74) is -1.19.